The van der Waals surface area contributed by atoms with Crippen LogP contribution in [0.2, 0.25) is 0 Å². The molecular weight excluding hydrogens is 226 g/mol. The number of ether oxygens (including phenoxy) is 1. The second-order valence-corrected chi connectivity index (χ2v) is 4.19. The third-order valence-corrected chi connectivity index (χ3v) is 2.63. The maximum absolute atomic E-state index is 5.16. The molecular formula is C14H17N3O. The number of methoxy groups -OCH3 is 1. The number of hydrogen-bond donors (Lipinski definition) is 0. The summed E-state index contributed by atoms with van der Waals surface area (Å²) in [6.07, 6.45) is 0. The first-order valence-electron chi connectivity index (χ1n) is 5.84. The molecule has 0 atom stereocenters. The van der Waals surface area contributed by atoms with Gasteiger partial charge in [0.2, 0.25) is 11.8 Å². The van der Waals surface area contributed by atoms with Crippen molar-refractivity contribution in [1.29, 1.82) is 0 Å². The molecule has 1 aromatic carbocycles. The van der Waals surface area contributed by atoms with Crippen LogP contribution >= 0.6 is 0 Å². The minimum atomic E-state index is 0.595. The summed E-state index contributed by atoms with van der Waals surface area (Å²) in [7, 11) is 3.59. The summed E-state index contributed by atoms with van der Waals surface area (Å²) in [6, 6.07) is 12.1. The van der Waals surface area contributed by atoms with Crippen LogP contribution in [0.15, 0.2) is 36.4 Å². The molecule has 4 heteroatoms. The van der Waals surface area contributed by atoms with Crippen molar-refractivity contribution in [3.8, 4) is 5.88 Å². The molecule has 0 aliphatic rings. The highest BCUT2D eigenvalue weighted by Gasteiger charge is 2.08. The van der Waals surface area contributed by atoms with Gasteiger partial charge in [-0.05, 0) is 12.5 Å². The fourth-order valence-electron chi connectivity index (χ4n) is 1.73. The molecule has 94 valence electrons. The Balaban J connectivity index is 2.18. The van der Waals surface area contributed by atoms with Crippen molar-refractivity contribution in [1.82, 2.24) is 9.97 Å². The van der Waals surface area contributed by atoms with Crippen molar-refractivity contribution in [2.24, 2.45) is 0 Å². The Kier molecular flexibility index (Phi) is 3.77. The van der Waals surface area contributed by atoms with Crippen molar-refractivity contribution >= 4 is 5.95 Å². The molecule has 0 unspecified atom stereocenters. The Bertz CT molecular complexity index is 514. The van der Waals surface area contributed by atoms with E-state index in [2.05, 4.69) is 22.1 Å². The predicted octanol–water partition coefficient (Wildman–Crippen LogP) is 2.43. The van der Waals surface area contributed by atoms with Crippen molar-refractivity contribution in [2.75, 3.05) is 19.1 Å². The molecule has 0 aliphatic carbocycles. The molecule has 0 radical (unpaired) electrons. The number of aromatic nitrogens is 2. The van der Waals surface area contributed by atoms with Gasteiger partial charge in [0.05, 0.1) is 7.11 Å². The summed E-state index contributed by atoms with van der Waals surface area (Å²) < 4.78 is 5.16. The summed E-state index contributed by atoms with van der Waals surface area (Å²) in [4.78, 5) is 10.8. The van der Waals surface area contributed by atoms with E-state index in [1.165, 1.54) is 5.56 Å². The lowest BCUT2D eigenvalue weighted by molar-refractivity contribution is 0.396. The van der Waals surface area contributed by atoms with Gasteiger partial charge in [0, 0.05) is 25.4 Å². The molecule has 0 fully saturated rings. The largest absolute Gasteiger partial charge is 0.481 e. The fourth-order valence-corrected chi connectivity index (χ4v) is 1.73. The standard InChI is InChI=1S/C14H17N3O/c1-11-9-13(18-3)16-14(15-11)17(2)10-12-7-5-4-6-8-12/h4-9H,10H2,1-3H3. The van der Waals surface area contributed by atoms with E-state index in [0.717, 1.165) is 12.2 Å². The molecule has 1 aromatic heterocycles. The molecule has 0 N–H and O–H groups in total. The van der Waals surface area contributed by atoms with Gasteiger partial charge in [-0.1, -0.05) is 30.3 Å². The molecule has 0 amide bonds. The summed E-state index contributed by atoms with van der Waals surface area (Å²) in [5, 5.41) is 0. The highest BCUT2D eigenvalue weighted by atomic mass is 16.5. The lowest BCUT2D eigenvalue weighted by Gasteiger charge is -2.18. The van der Waals surface area contributed by atoms with E-state index >= 15 is 0 Å². The van der Waals surface area contributed by atoms with Crippen molar-refractivity contribution < 1.29 is 4.74 Å². The number of hydrogen-bond acceptors (Lipinski definition) is 4. The van der Waals surface area contributed by atoms with Crippen LogP contribution < -0.4 is 9.64 Å². The first-order chi connectivity index (χ1) is 8.69. The number of nitrogens with zero attached hydrogens (tertiary/aromatic N) is 3. The van der Waals surface area contributed by atoms with Crippen LogP contribution in [-0.4, -0.2) is 24.1 Å². The van der Waals surface area contributed by atoms with Crippen LogP contribution in [0.1, 0.15) is 11.3 Å². The molecule has 4 nitrogen and oxygen atoms in total. The van der Waals surface area contributed by atoms with Gasteiger partial charge in [-0.3, -0.25) is 0 Å². The highest BCUT2D eigenvalue weighted by molar-refractivity contribution is 5.34. The summed E-state index contributed by atoms with van der Waals surface area (Å²) in [5.41, 5.74) is 2.13. The van der Waals surface area contributed by atoms with E-state index < -0.39 is 0 Å². The second-order valence-electron chi connectivity index (χ2n) is 4.19. The van der Waals surface area contributed by atoms with Crippen LogP contribution in [0, 0.1) is 6.92 Å². The second kappa shape index (κ2) is 5.49. The Morgan fingerprint density at radius 3 is 2.56 bits per heavy atom. The number of benzene rings is 1. The van der Waals surface area contributed by atoms with Crippen molar-refractivity contribution in [3.63, 3.8) is 0 Å². The molecule has 2 aromatic rings. The molecule has 0 bridgehead atoms. The first kappa shape index (κ1) is 12.4. The zero-order valence-corrected chi connectivity index (χ0v) is 10.9. The Labute approximate surface area is 107 Å². The summed E-state index contributed by atoms with van der Waals surface area (Å²) in [5.74, 6) is 1.27. The lowest BCUT2D eigenvalue weighted by atomic mass is 10.2. The van der Waals surface area contributed by atoms with Crippen LogP contribution in [-0.2, 0) is 6.54 Å². The third-order valence-electron chi connectivity index (χ3n) is 2.63. The van der Waals surface area contributed by atoms with Crippen LogP contribution in [0.25, 0.3) is 0 Å². The van der Waals surface area contributed by atoms with E-state index in [9.17, 15) is 0 Å². The van der Waals surface area contributed by atoms with Gasteiger partial charge < -0.3 is 9.64 Å². The van der Waals surface area contributed by atoms with E-state index in [4.69, 9.17) is 4.74 Å². The van der Waals surface area contributed by atoms with Crippen molar-refractivity contribution in [2.45, 2.75) is 13.5 Å². The zero-order chi connectivity index (χ0) is 13.0. The third kappa shape index (κ3) is 2.97. The van der Waals surface area contributed by atoms with Crippen LogP contribution in [0.5, 0.6) is 5.88 Å². The van der Waals surface area contributed by atoms with E-state index in [0.29, 0.717) is 11.8 Å². The molecule has 0 saturated carbocycles. The maximum atomic E-state index is 5.16. The number of rotatable bonds is 4. The smallest absolute Gasteiger partial charge is 0.228 e. The molecule has 0 spiro atoms. The van der Waals surface area contributed by atoms with Gasteiger partial charge in [-0.2, -0.15) is 4.98 Å². The molecule has 18 heavy (non-hydrogen) atoms. The van der Waals surface area contributed by atoms with E-state index in [1.54, 1.807) is 7.11 Å². The Morgan fingerprint density at radius 2 is 1.89 bits per heavy atom. The number of anilines is 1. The SMILES string of the molecule is COc1cc(C)nc(N(C)Cc2ccccc2)n1. The minimum Gasteiger partial charge on any atom is -0.481 e. The summed E-state index contributed by atoms with van der Waals surface area (Å²) in [6.45, 7) is 2.71. The monoisotopic (exact) mass is 243 g/mol. The molecule has 1 heterocycles. The van der Waals surface area contributed by atoms with Gasteiger partial charge >= 0.3 is 0 Å². The van der Waals surface area contributed by atoms with Gasteiger partial charge in [0.15, 0.2) is 0 Å². The predicted molar refractivity (Wildman–Crippen MR) is 71.9 cm³/mol. The average Bonchev–Trinajstić information content (AvgIpc) is 2.39. The topological polar surface area (TPSA) is 38.2 Å². The molecule has 0 saturated heterocycles. The highest BCUT2D eigenvalue weighted by Crippen LogP contribution is 2.15. The average molecular weight is 243 g/mol. The fraction of sp³-hybridized carbons (Fsp3) is 0.286. The van der Waals surface area contributed by atoms with Gasteiger partial charge in [0.1, 0.15) is 0 Å². The van der Waals surface area contributed by atoms with Crippen molar-refractivity contribution in [3.05, 3.63) is 47.7 Å². The molecule has 2 rings (SSSR count). The first-order valence-corrected chi connectivity index (χ1v) is 5.84. The Morgan fingerprint density at radius 1 is 1.17 bits per heavy atom. The van der Waals surface area contributed by atoms with Gasteiger partial charge in [-0.15, -0.1) is 0 Å². The summed E-state index contributed by atoms with van der Waals surface area (Å²) >= 11 is 0. The van der Waals surface area contributed by atoms with E-state index in [1.807, 2.05) is 43.1 Å². The van der Waals surface area contributed by atoms with E-state index in [-0.39, 0.29) is 0 Å². The zero-order valence-electron chi connectivity index (χ0n) is 10.9. The van der Waals surface area contributed by atoms with Gasteiger partial charge in [-0.25, -0.2) is 4.98 Å². The maximum Gasteiger partial charge on any atom is 0.228 e. The Hall–Kier alpha value is -2.10. The quantitative estimate of drug-likeness (QED) is 0.826. The minimum absolute atomic E-state index is 0.595. The normalized spacial score (nSPS) is 10.2. The molecule has 0 aliphatic heterocycles. The van der Waals surface area contributed by atoms with Crippen LogP contribution in [0.3, 0.4) is 0 Å². The van der Waals surface area contributed by atoms with Crippen LogP contribution in [0.4, 0.5) is 5.95 Å². The van der Waals surface area contributed by atoms with Gasteiger partial charge in [0.25, 0.3) is 0 Å². The number of aryl methyl sites for hydroxylation is 1. The lowest BCUT2D eigenvalue weighted by Crippen LogP contribution is -2.19.